The van der Waals surface area contributed by atoms with E-state index in [1.165, 1.54) is 0 Å². The number of benzene rings is 1. The van der Waals surface area contributed by atoms with Gasteiger partial charge in [0.15, 0.2) is 5.58 Å². The Bertz CT molecular complexity index is 610. The van der Waals surface area contributed by atoms with Crippen molar-refractivity contribution in [3.05, 3.63) is 23.2 Å². The molecule has 5 heteroatoms. The third kappa shape index (κ3) is 2.63. The lowest BCUT2D eigenvalue weighted by molar-refractivity contribution is 0.00618. The zero-order valence-electron chi connectivity index (χ0n) is 11.8. The van der Waals surface area contributed by atoms with Crippen LogP contribution in [-0.4, -0.2) is 28.8 Å². The number of aliphatic hydroxyl groups is 1. The second-order valence-electron chi connectivity index (χ2n) is 6.02. The normalized spacial score (nSPS) is 17.9. The van der Waals surface area contributed by atoms with Gasteiger partial charge in [0.2, 0.25) is 0 Å². The molecular weight excluding hydrogens is 276 g/mol. The van der Waals surface area contributed by atoms with Crippen LogP contribution in [0.25, 0.3) is 11.1 Å². The van der Waals surface area contributed by atoms with Crippen LogP contribution in [-0.2, 0) is 0 Å². The van der Waals surface area contributed by atoms with Gasteiger partial charge in [0.1, 0.15) is 5.52 Å². The fourth-order valence-corrected chi connectivity index (χ4v) is 2.96. The Morgan fingerprint density at radius 3 is 2.70 bits per heavy atom. The molecule has 1 N–H and O–H groups in total. The van der Waals surface area contributed by atoms with Gasteiger partial charge in [0.05, 0.1) is 5.60 Å². The molecule has 0 spiro atoms. The Balaban J connectivity index is 1.76. The lowest BCUT2D eigenvalue weighted by Crippen LogP contribution is -2.42. The monoisotopic (exact) mass is 294 g/mol. The Labute approximate surface area is 123 Å². The lowest BCUT2D eigenvalue weighted by Gasteiger charge is -2.37. The topological polar surface area (TPSA) is 49.5 Å². The van der Waals surface area contributed by atoms with Crippen LogP contribution in [0.4, 0.5) is 6.01 Å². The number of halogens is 1. The largest absolute Gasteiger partial charge is 0.423 e. The first-order valence-electron chi connectivity index (χ1n) is 6.97. The van der Waals surface area contributed by atoms with Gasteiger partial charge >= 0.3 is 0 Å². The van der Waals surface area contributed by atoms with E-state index in [2.05, 4.69) is 9.88 Å². The molecule has 4 nitrogen and oxygen atoms in total. The van der Waals surface area contributed by atoms with Gasteiger partial charge in [-0.25, -0.2) is 0 Å². The van der Waals surface area contributed by atoms with Crippen molar-refractivity contribution in [2.24, 2.45) is 5.92 Å². The number of hydrogen-bond donors (Lipinski definition) is 1. The SMILES string of the molecule is CC(C)(O)C1CCN(c2nc3ccc(Cl)cc3o2)CC1. The van der Waals surface area contributed by atoms with E-state index in [1.54, 1.807) is 6.07 Å². The summed E-state index contributed by atoms with van der Waals surface area (Å²) in [5.41, 5.74) is 0.937. The number of oxazole rings is 1. The van der Waals surface area contributed by atoms with Gasteiger partial charge < -0.3 is 14.4 Å². The molecule has 0 radical (unpaired) electrons. The molecule has 2 heterocycles. The van der Waals surface area contributed by atoms with Crippen molar-refractivity contribution in [1.29, 1.82) is 0 Å². The highest BCUT2D eigenvalue weighted by Crippen LogP contribution is 2.31. The maximum absolute atomic E-state index is 10.1. The minimum Gasteiger partial charge on any atom is -0.423 e. The smallest absolute Gasteiger partial charge is 0.298 e. The molecule has 1 fully saturated rings. The molecule has 1 saturated heterocycles. The molecule has 1 aliphatic heterocycles. The highest BCUT2D eigenvalue weighted by atomic mass is 35.5. The van der Waals surface area contributed by atoms with Crippen molar-refractivity contribution >= 4 is 28.7 Å². The Kier molecular flexibility index (Phi) is 3.38. The number of nitrogens with zero attached hydrogens (tertiary/aromatic N) is 2. The maximum Gasteiger partial charge on any atom is 0.298 e. The van der Waals surface area contributed by atoms with E-state index in [4.69, 9.17) is 16.0 Å². The fourth-order valence-electron chi connectivity index (χ4n) is 2.80. The molecule has 108 valence electrons. The number of rotatable bonds is 2. The van der Waals surface area contributed by atoms with Crippen LogP contribution in [0, 0.1) is 5.92 Å². The van der Waals surface area contributed by atoms with Crippen LogP contribution >= 0.6 is 11.6 Å². The first kappa shape index (κ1) is 13.7. The van der Waals surface area contributed by atoms with Gasteiger partial charge in [0, 0.05) is 24.2 Å². The molecule has 0 atom stereocenters. The van der Waals surface area contributed by atoms with Crippen molar-refractivity contribution in [3.8, 4) is 0 Å². The number of aromatic nitrogens is 1. The van der Waals surface area contributed by atoms with E-state index in [-0.39, 0.29) is 0 Å². The van der Waals surface area contributed by atoms with Gasteiger partial charge in [-0.3, -0.25) is 0 Å². The van der Waals surface area contributed by atoms with Crippen LogP contribution in [0.2, 0.25) is 5.02 Å². The molecule has 1 aliphatic rings. The molecule has 20 heavy (non-hydrogen) atoms. The summed E-state index contributed by atoms with van der Waals surface area (Å²) in [5.74, 6) is 0.331. The molecule has 0 unspecified atom stereocenters. The van der Waals surface area contributed by atoms with E-state index in [0.717, 1.165) is 37.0 Å². The van der Waals surface area contributed by atoms with Crippen molar-refractivity contribution < 1.29 is 9.52 Å². The van der Waals surface area contributed by atoms with E-state index in [1.807, 2.05) is 26.0 Å². The summed E-state index contributed by atoms with van der Waals surface area (Å²) in [6.07, 6.45) is 1.89. The average molecular weight is 295 g/mol. The number of fused-ring (bicyclic) bond motifs is 1. The van der Waals surface area contributed by atoms with Crippen LogP contribution in [0.3, 0.4) is 0 Å². The van der Waals surface area contributed by atoms with Crippen LogP contribution < -0.4 is 4.90 Å². The first-order chi connectivity index (χ1) is 9.43. The molecule has 1 aromatic heterocycles. The zero-order valence-corrected chi connectivity index (χ0v) is 12.5. The fraction of sp³-hybridized carbons (Fsp3) is 0.533. The molecule has 0 aliphatic carbocycles. The van der Waals surface area contributed by atoms with Crippen molar-refractivity contribution in [2.45, 2.75) is 32.3 Å². The van der Waals surface area contributed by atoms with Crippen molar-refractivity contribution in [1.82, 2.24) is 4.98 Å². The summed E-state index contributed by atoms with van der Waals surface area (Å²) in [7, 11) is 0. The molecule has 0 saturated carbocycles. The molecule has 0 bridgehead atoms. The van der Waals surface area contributed by atoms with Crippen LogP contribution in [0.1, 0.15) is 26.7 Å². The van der Waals surface area contributed by atoms with E-state index >= 15 is 0 Å². The number of anilines is 1. The van der Waals surface area contributed by atoms with Gasteiger partial charge in [0.25, 0.3) is 6.01 Å². The highest BCUT2D eigenvalue weighted by Gasteiger charge is 2.31. The van der Waals surface area contributed by atoms with Gasteiger partial charge in [-0.1, -0.05) is 11.6 Å². The zero-order chi connectivity index (χ0) is 14.3. The summed E-state index contributed by atoms with van der Waals surface area (Å²) in [5, 5.41) is 10.7. The standard InChI is InChI=1S/C15H19ClN2O2/c1-15(2,19)10-5-7-18(8-6-10)14-17-12-4-3-11(16)9-13(12)20-14/h3-4,9-10,19H,5-8H2,1-2H3. The predicted molar refractivity (Wildman–Crippen MR) is 80.3 cm³/mol. The average Bonchev–Trinajstić information content (AvgIpc) is 2.80. The number of hydrogen-bond acceptors (Lipinski definition) is 4. The molecule has 3 rings (SSSR count). The Morgan fingerprint density at radius 2 is 2.05 bits per heavy atom. The van der Waals surface area contributed by atoms with E-state index < -0.39 is 5.60 Å². The second-order valence-corrected chi connectivity index (χ2v) is 6.46. The molecule has 1 aromatic carbocycles. The highest BCUT2D eigenvalue weighted by molar-refractivity contribution is 6.31. The van der Waals surface area contributed by atoms with E-state index in [0.29, 0.717) is 17.0 Å². The maximum atomic E-state index is 10.1. The molecule has 2 aromatic rings. The van der Waals surface area contributed by atoms with Crippen molar-refractivity contribution in [3.63, 3.8) is 0 Å². The third-order valence-corrected chi connectivity index (χ3v) is 4.34. The minimum atomic E-state index is -0.610. The summed E-state index contributed by atoms with van der Waals surface area (Å²) in [6.45, 7) is 5.48. The van der Waals surface area contributed by atoms with Crippen LogP contribution in [0.15, 0.2) is 22.6 Å². The summed E-state index contributed by atoms with van der Waals surface area (Å²) in [6, 6.07) is 6.12. The third-order valence-electron chi connectivity index (χ3n) is 4.10. The van der Waals surface area contributed by atoms with Gasteiger partial charge in [-0.2, -0.15) is 4.98 Å². The quantitative estimate of drug-likeness (QED) is 0.921. The summed E-state index contributed by atoms with van der Waals surface area (Å²) in [4.78, 5) is 6.64. The lowest BCUT2D eigenvalue weighted by atomic mass is 9.83. The van der Waals surface area contributed by atoms with E-state index in [9.17, 15) is 5.11 Å². The predicted octanol–water partition coefficient (Wildman–Crippen LogP) is 3.47. The molecular formula is C15H19ClN2O2. The number of piperidine rings is 1. The second kappa shape index (κ2) is 4.93. The first-order valence-corrected chi connectivity index (χ1v) is 7.35. The summed E-state index contributed by atoms with van der Waals surface area (Å²) >= 11 is 5.95. The summed E-state index contributed by atoms with van der Waals surface area (Å²) < 4.78 is 5.78. The Morgan fingerprint density at radius 1 is 1.35 bits per heavy atom. The minimum absolute atomic E-state index is 0.331. The van der Waals surface area contributed by atoms with Gasteiger partial charge in [-0.05, 0) is 44.7 Å². The molecule has 0 amide bonds. The van der Waals surface area contributed by atoms with Crippen molar-refractivity contribution in [2.75, 3.05) is 18.0 Å². The van der Waals surface area contributed by atoms with Gasteiger partial charge in [-0.15, -0.1) is 0 Å². The Hall–Kier alpha value is -1.26. The van der Waals surface area contributed by atoms with Crippen LogP contribution in [0.5, 0.6) is 0 Å².